The van der Waals surface area contributed by atoms with Crippen molar-refractivity contribution in [1.29, 1.82) is 5.26 Å². The molecule has 104 valence electrons. The molecule has 1 unspecified atom stereocenters. The molecule has 1 saturated carbocycles. The summed E-state index contributed by atoms with van der Waals surface area (Å²) in [7, 11) is 0. The summed E-state index contributed by atoms with van der Waals surface area (Å²) in [5.74, 6) is 0.229. The van der Waals surface area contributed by atoms with Crippen molar-refractivity contribution in [3.05, 3.63) is 12.7 Å². The highest BCUT2D eigenvalue weighted by Gasteiger charge is 2.39. The Labute approximate surface area is 115 Å². The van der Waals surface area contributed by atoms with E-state index in [9.17, 15) is 10.1 Å². The van der Waals surface area contributed by atoms with Gasteiger partial charge in [-0.15, -0.1) is 6.58 Å². The first-order chi connectivity index (χ1) is 9.19. The number of nitrogens with two attached hydrogens (primary N) is 1. The van der Waals surface area contributed by atoms with E-state index in [-0.39, 0.29) is 23.9 Å². The van der Waals surface area contributed by atoms with Crippen LogP contribution in [0.25, 0.3) is 0 Å². The molecule has 0 aromatic heterocycles. The standard InChI is InChI=1S/C15H23N3O/c1-2-12-8-9-13(10-16)18(12)15(19)14(17)11-6-4-3-5-7-11/h2,11-14H,1,3-9,17H2/t12?,13-,14-/m0/s1. The van der Waals surface area contributed by atoms with Crippen LogP contribution in [0.15, 0.2) is 12.7 Å². The maximum Gasteiger partial charge on any atom is 0.241 e. The van der Waals surface area contributed by atoms with E-state index in [0.717, 1.165) is 38.5 Å². The Kier molecular flexibility index (Phi) is 4.60. The first-order valence-electron chi connectivity index (χ1n) is 7.29. The van der Waals surface area contributed by atoms with E-state index in [1.807, 2.05) is 0 Å². The minimum Gasteiger partial charge on any atom is -0.320 e. The second-order valence-electron chi connectivity index (χ2n) is 5.69. The molecule has 4 heteroatoms. The van der Waals surface area contributed by atoms with Gasteiger partial charge in [0.15, 0.2) is 0 Å². The highest BCUT2D eigenvalue weighted by atomic mass is 16.2. The molecule has 1 amide bonds. The lowest BCUT2D eigenvalue weighted by atomic mass is 9.83. The molecule has 0 radical (unpaired) electrons. The van der Waals surface area contributed by atoms with Crippen LogP contribution in [-0.4, -0.2) is 28.9 Å². The fourth-order valence-electron chi connectivity index (χ4n) is 3.38. The molecule has 1 heterocycles. The number of hydrogen-bond acceptors (Lipinski definition) is 3. The van der Waals surface area contributed by atoms with Gasteiger partial charge in [-0.2, -0.15) is 5.26 Å². The van der Waals surface area contributed by atoms with Crippen LogP contribution in [0.2, 0.25) is 0 Å². The largest absolute Gasteiger partial charge is 0.320 e. The molecule has 2 rings (SSSR count). The van der Waals surface area contributed by atoms with E-state index in [0.29, 0.717) is 0 Å². The molecule has 3 atom stereocenters. The van der Waals surface area contributed by atoms with Crippen LogP contribution in [0.1, 0.15) is 44.9 Å². The SMILES string of the molecule is C=CC1CC[C@@H](C#N)N1C(=O)[C@@H](N)C1CCCCC1. The van der Waals surface area contributed by atoms with Crippen LogP contribution in [-0.2, 0) is 4.79 Å². The summed E-state index contributed by atoms with van der Waals surface area (Å²) in [4.78, 5) is 14.3. The number of amides is 1. The molecule has 0 spiro atoms. The number of carbonyl (C=O) groups excluding carboxylic acids is 1. The van der Waals surface area contributed by atoms with Crippen LogP contribution in [0.3, 0.4) is 0 Å². The fourth-order valence-corrected chi connectivity index (χ4v) is 3.38. The quantitative estimate of drug-likeness (QED) is 0.789. The number of nitrogens with zero attached hydrogens (tertiary/aromatic N) is 2. The third kappa shape index (κ3) is 2.82. The van der Waals surface area contributed by atoms with E-state index in [4.69, 9.17) is 5.73 Å². The number of nitriles is 1. The molecule has 0 aromatic carbocycles. The predicted molar refractivity (Wildman–Crippen MR) is 74.0 cm³/mol. The van der Waals surface area contributed by atoms with Gasteiger partial charge >= 0.3 is 0 Å². The third-order valence-corrected chi connectivity index (χ3v) is 4.55. The summed E-state index contributed by atoms with van der Waals surface area (Å²) in [6, 6.07) is 1.42. The van der Waals surface area contributed by atoms with Crippen molar-refractivity contribution in [3.8, 4) is 6.07 Å². The van der Waals surface area contributed by atoms with Crippen molar-refractivity contribution in [2.24, 2.45) is 11.7 Å². The van der Waals surface area contributed by atoms with Gasteiger partial charge in [-0.3, -0.25) is 4.79 Å². The Morgan fingerprint density at radius 3 is 2.58 bits per heavy atom. The van der Waals surface area contributed by atoms with Gasteiger partial charge < -0.3 is 10.6 Å². The molecule has 1 aliphatic carbocycles. The predicted octanol–water partition coefficient (Wildman–Crippen LogP) is 1.96. The Hall–Kier alpha value is -1.34. The van der Waals surface area contributed by atoms with Crippen LogP contribution >= 0.6 is 0 Å². The van der Waals surface area contributed by atoms with Crippen molar-refractivity contribution in [2.45, 2.75) is 63.1 Å². The van der Waals surface area contributed by atoms with Crippen molar-refractivity contribution in [3.63, 3.8) is 0 Å². The molecule has 1 saturated heterocycles. The Balaban J connectivity index is 2.07. The molecule has 2 N–H and O–H groups in total. The zero-order valence-electron chi connectivity index (χ0n) is 11.4. The molecule has 4 nitrogen and oxygen atoms in total. The topological polar surface area (TPSA) is 70.1 Å². The average Bonchev–Trinajstić information content (AvgIpc) is 2.89. The lowest BCUT2D eigenvalue weighted by Gasteiger charge is -2.33. The maximum atomic E-state index is 12.6. The highest BCUT2D eigenvalue weighted by molar-refractivity contribution is 5.83. The summed E-state index contributed by atoms with van der Waals surface area (Å²) in [6.45, 7) is 3.77. The first-order valence-corrected chi connectivity index (χ1v) is 7.29. The van der Waals surface area contributed by atoms with E-state index < -0.39 is 6.04 Å². The van der Waals surface area contributed by atoms with Crippen molar-refractivity contribution < 1.29 is 4.79 Å². The Morgan fingerprint density at radius 1 is 1.32 bits per heavy atom. The summed E-state index contributed by atoms with van der Waals surface area (Å²) >= 11 is 0. The van der Waals surface area contributed by atoms with E-state index in [1.165, 1.54) is 6.42 Å². The van der Waals surface area contributed by atoms with E-state index in [1.54, 1.807) is 11.0 Å². The summed E-state index contributed by atoms with van der Waals surface area (Å²) in [5.41, 5.74) is 6.17. The second kappa shape index (κ2) is 6.21. The zero-order chi connectivity index (χ0) is 13.8. The van der Waals surface area contributed by atoms with Crippen LogP contribution in [0, 0.1) is 17.2 Å². The van der Waals surface area contributed by atoms with E-state index >= 15 is 0 Å². The minimum absolute atomic E-state index is 0.0215. The molecule has 0 aromatic rings. The smallest absolute Gasteiger partial charge is 0.241 e. The van der Waals surface area contributed by atoms with Gasteiger partial charge in [0.05, 0.1) is 18.2 Å². The van der Waals surface area contributed by atoms with Gasteiger partial charge in [0.2, 0.25) is 5.91 Å². The van der Waals surface area contributed by atoms with Gasteiger partial charge in [0.25, 0.3) is 0 Å². The van der Waals surface area contributed by atoms with Crippen molar-refractivity contribution in [2.75, 3.05) is 0 Å². The first kappa shape index (κ1) is 14.1. The van der Waals surface area contributed by atoms with Crippen LogP contribution < -0.4 is 5.73 Å². The molecule has 19 heavy (non-hydrogen) atoms. The fraction of sp³-hybridized carbons (Fsp3) is 0.733. The zero-order valence-corrected chi connectivity index (χ0v) is 11.4. The lowest BCUT2D eigenvalue weighted by Crippen LogP contribution is -2.51. The Morgan fingerprint density at radius 2 is 2.00 bits per heavy atom. The van der Waals surface area contributed by atoms with Gasteiger partial charge in [0.1, 0.15) is 6.04 Å². The molecular formula is C15H23N3O. The normalized spacial score (nSPS) is 29.8. The van der Waals surface area contributed by atoms with E-state index in [2.05, 4.69) is 12.6 Å². The molecular weight excluding hydrogens is 238 g/mol. The summed E-state index contributed by atoms with van der Waals surface area (Å²) in [5, 5.41) is 9.17. The monoisotopic (exact) mass is 261 g/mol. The number of likely N-dealkylation sites (tertiary alicyclic amines) is 1. The molecule has 2 aliphatic rings. The molecule has 2 fully saturated rings. The van der Waals surface area contributed by atoms with Crippen molar-refractivity contribution in [1.82, 2.24) is 4.90 Å². The minimum atomic E-state index is -0.448. The Bertz CT molecular complexity index is 381. The van der Waals surface area contributed by atoms with Gasteiger partial charge in [0, 0.05) is 0 Å². The number of rotatable bonds is 3. The second-order valence-corrected chi connectivity index (χ2v) is 5.69. The number of hydrogen-bond donors (Lipinski definition) is 1. The van der Waals surface area contributed by atoms with Crippen molar-refractivity contribution >= 4 is 5.91 Å². The van der Waals surface area contributed by atoms with Crippen LogP contribution in [0.5, 0.6) is 0 Å². The summed E-state index contributed by atoms with van der Waals surface area (Å²) in [6.07, 6.45) is 8.98. The van der Waals surface area contributed by atoms with Crippen LogP contribution in [0.4, 0.5) is 0 Å². The van der Waals surface area contributed by atoms with Gasteiger partial charge in [-0.25, -0.2) is 0 Å². The third-order valence-electron chi connectivity index (χ3n) is 4.55. The number of carbonyl (C=O) groups is 1. The average molecular weight is 261 g/mol. The van der Waals surface area contributed by atoms with Gasteiger partial charge in [-0.05, 0) is 31.6 Å². The lowest BCUT2D eigenvalue weighted by molar-refractivity contribution is -0.135. The molecule has 0 bridgehead atoms. The van der Waals surface area contributed by atoms with Gasteiger partial charge in [-0.1, -0.05) is 25.3 Å². The summed E-state index contributed by atoms with van der Waals surface area (Å²) < 4.78 is 0. The highest BCUT2D eigenvalue weighted by Crippen LogP contribution is 2.30. The molecule has 1 aliphatic heterocycles. The maximum absolute atomic E-state index is 12.6.